The van der Waals surface area contributed by atoms with Crippen molar-refractivity contribution in [2.45, 2.75) is 37.1 Å². The van der Waals surface area contributed by atoms with Crippen LogP contribution in [0.15, 0.2) is 29.3 Å². The molecule has 0 saturated heterocycles. The van der Waals surface area contributed by atoms with Gasteiger partial charge in [0, 0.05) is 32.0 Å². The molecular weight excluding hydrogens is 449 g/mol. The van der Waals surface area contributed by atoms with E-state index < -0.39 is 0 Å². The molecule has 1 fully saturated rings. The minimum absolute atomic E-state index is 0. The average Bonchev–Trinajstić information content (AvgIpc) is 3.07. The van der Waals surface area contributed by atoms with E-state index in [1.165, 1.54) is 24.8 Å². The minimum Gasteiger partial charge on any atom is -0.491 e. The number of halogens is 1. The molecule has 0 spiro atoms. The van der Waals surface area contributed by atoms with E-state index in [0.29, 0.717) is 19.3 Å². The highest BCUT2D eigenvalue weighted by Crippen LogP contribution is 2.28. The molecule has 1 aliphatic rings. The van der Waals surface area contributed by atoms with Gasteiger partial charge in [0.1, 0.15) is 12.4 Å². The Bertz CT molecular complexity index is 514. The number of ether oxygens (including phenoxy) is 2. The number of hydrogen-bond acceptors (Lipinski definition) is 4. The first-order valence-corrected chi connectivity index (χ1v) is 9.74. The third kappa shape index (κ3) is 8.04. The quantitative estimate of drug-likeness (QED) is 0.260. The van der Waals surface area contributed by atoms with Gasteiger partial charge in [-0.05, 0) is 43.2 Å². The third-order valence-corrected chi connectivity index (χ3v) is 5.32. The molecule has 1 aliphatic carbocycles. The third-order valence-electron chi connectivity index (χ3n) is 4.22. The maximum absolute atomic E-state index is 5.57. The Morgan fingerprint density at radius 3 is 2.60 bits per heavy atom. The first-order valence-electron chi connectivity index (χ1n) is 8.45. The number of nitrogens with zero attached hydrogens (tertiary/aromatic N) is 1. The molecule has 0 aromatic heterocycles. The summed E-state index contributed by atoms with van der Waals surface area (Å²) in [7, 11) is 3.49. The topological polar surface area (TPSA) is 54.9 Å². The van der Waals surface area contributed by atoms with Crippen LogP contribution in [0.3, 0.4) is 0 Å². The molecule has 2 rings (SSSR count). The summed E-state index contributed by atoms with van der Waals surface area (Å²) in [5, 5.41) is 7.70. The lowest BCUT2D eigenvalue weighted by atomic mass is 10.2. The predicted molar refractivity (Wildman–Crippen MR) is 118 cm³/mol. The maximum Gasteiger partial charge on any atom is 0.191 e. The standard InChI is InChI=1S/C18H29N3O2S.HI/c1-19-18(21-15-6-9-17(12-15)24-3)20-13-14-4-7-16(8-5-14)23-11-10-22-2;/h4-5,7-8,15,17H,6,9-13H2,1-3H3,(H2,19,20,21);1H. The molecular formula is C18H30IN3O2S. The van der Waals surface area contributed by atoms with Crippen LogP contribution in [0.2, 0.25) is 0 Å². The zero-order chi connectivity index (χ0) is 17.2. The summed E-state index contributed by atoms with van der Waals surface area (Å²) in [6.07, 6.45) is 5.93. The zero-order valence-corrected chi connectivity index (χ0v) is 18.4. The van der Waals surface area contributed by atoms with Crippen LogP contribution in [-0.4, -0.2) is 50.9 Å². The Morgan fingerprint density at radius 2 is 2.00 bits per heavy atom. The average molecular weight is 479 g/mol. The Labute approximate surface area is 172 Å². The SMILES string of the molecule is CN=C(NCc1ccc(OCCOC)cc1)NC1CCC(SC)C1.I. The Hall–Kier alpha value is -0.670. The second-order valence-electron chi connectivity index (χ2n) is 5.92. The molecule has 0 bridgehead atoms. The molecule has 0 radical (unpaired) electrons. The lowest BCUT2D eigenvalue weighted by molar-refractivity contribution is 0.146. The molecule has 0 amide bonds. The molecule has 2 atom stereocenters. The summed E-state index contributed by atoms with van der Waals surface area (Å²) in [6.45, 7) is 1.92. The number of rotatable bonds is 8. The molecule has 0 heterocycles. The van der Waals surface area contributed by atoms with Gasteiger partial charge in [-0.1, -0.05) is 12.1 Å². The summed E-state index contributed by atoms with van der Waals surface area (Å²) < 4.78 is 10.6. The lowest BCUT2D eigenvalue weighted by Crippen LogP contribution is -2.42. The van der Waals surface area contributed by atoms with E-state index in [2.05, 4.69) is 34.0 Å². The van der Waals surface area contributed by atoms with Gasteiger partial charge in [-0.15, -0.1) is 24.0 Å². The van der Waals surface area contributed by atoms with Gasteiger partial charge in [-0.3, -0.25) is 4.99 Å². The van der Waals surface area contributed by atoms with Gasteiger partial charge in [0.15, 0.2) is 5.96 Å². The number of nitrogens with one attached hydrogen (secondary N) is 2. The van der Waals surface area contributed by atoms with E-state index in [1.54, 1.807) is 7.11 Å². The zero-order valence-electron chi connectivity index (χ0n) is 15.3. The van der Waals surface area contributed by atoms with Crippen LogP contribution in [0.4, 0.5) is 0 Å². The van der Waals surface area contributed by atoms with Gasteiger partial charge in [0.25, 0.3) is 0 Å². The minimum atomic E-state index is 0. The van der Waals surface area contributed by atoms with Crippen molar-refractivity contribution in [3.05, 3.63) is 29.8 Å². The molecule has 5 nitrogen and oxygen atoms in total. The van der Waals surface area contributed by atoms with Gasteiger partial charge in [-0.2, -0.15) is 11.8 Å². The molecule has 1 saturated carbocycles. The van der Waals surface area contributed by atoms with Crippen LogP contribution in [-0.2, 0) is 11.3 Å². The molecule has 2 N–H and O–H groups in total. The Balaban J connectivity index is 0.00000312. The number of methoxy groups -OCH3 is 1. The van der Waals surface area contributed by atoms with E-state index in [1.807, 2.05) is 30.9 Å². The number of guanidine groups is 1. The first-order chi connectivity index (χ1) is 11.7. The second-order valence-corrected chi connectivity index (χ2v) is 7.06. The fourth-order valence-corrected chi connectivity index (χ4v) is 3.60. The van der Waals surface area contributed by atoms with Crippen molar-refractivity contribution in [1.82, 2.24) is 10.6 Å². The van der Waals surface area contributed by atoms with Crippen molar-refractivity contribution in [3.8, 4) is 5.75 Å². The van der Waals surface area contributed by atoms with Crippen molar-refractivity contribution in [2.24, 2.45) is 4.99 Å². The molecule has 0 aliphatic heterocycles. The summed E-state index contributed by atoms with van der Waals surface area (Å²) in [4.78, 5) is 4.33. The number of benzene rings is 1. The van der Waals surface area contributed by atoms with Crippen LogP contribution in [0.25, 0.3) is 0 Å². The van der Waals surface area contributed by atoms with Crippen LogP contribution in [0.5, 0.6) is 5.75 Å². The van der Waals surface area contributed by atoms with Gasteiger partial charge < -0.3 is 20.1 Å². The van der Waals surface area contributed by atoms with Crippen LogP contribution < -0.4 is 15.4 Å². The summed E-state index contributed by atoms with van der Waals surface area (Å²) >= 11 is 1.97. The molecule has 1 aromatic carbocycles. The van der Waals surface area contributed by atoms with Gasteiger partial charge in [0.05, 0.1) is 6.61 Å². The maximum atomic E-state index is 5.57. The van der Waals surface area contributed by atoms with Gasteiger partial charge >= 0.3 is 0 Å². The highest BCUT2D eigenvalue weighted by Gasteiger charge is 2.24. The highest BCUT2D eigenvalue weighted by molar-refractivity contribution is 14.0. The fraction of sp³-hybridized carbons (Fsp3) is 0.611. The monoisotopic (exact) mass is 479 g/mol. The van der Waals surface area contributed by atoms with E-state index in [0.717, 1.165) is 23.5 Å². The number of thioether (sulfide) groups is 1. The first kappa shape index (κ1) is 22.4. The molecule has 1 aromatic rings. The van der Waals surface area contributed by atoms with Crippen molar-refractivity contribution in [3.63, 3.8) is 0 Å². The van der Waals surface area contributed by atoms with Crippen LogP contribution in [0.1, 0.15) is 24.8 Å². The largest absolute Gasteiger partial charge is 0.491 e. The Morgan fingerprint density at radius 1 is 1.24 bits per heavy atom. The Kier molecular flexibility index (Phi) is 11.3. The highest BCUT2D eigenvalue weighted by atomic mass is 127. The van der Waals surface area contributed by atoms with E-state index in [4.69, 9.17) is 9.47 Å². The van der Waals surface area contributed by atoms with Crippen LogP contribution >= 0.6 is 35.7 Å². The van der Waals surface area contributed by atoms with Crippen molar-refractivity contribution in [1.29, 1.82) is 0 Å². The van der Waals surface area contributed by atoms with E-state index >= 15 is 0 Å². The molecule has 7 heteroatoms. The normalized spacial score (nSPS) is 20.0. The van der Waals surface area contributed by atoms with Gasteiger partial charge in [0.2, 0.25) is 0 Å². The van der Waals surface area contributed by atoms with Gasteiger partial charge in [-0.25, -0.2) is 0 Å². The lowest BCUT2D eigenvalue weighted by Gasteiger charge is -2.17. The number of aliphatic imine (C=N–C) groups is 1. The summed E-state index contributed by atoms with van der Waals surface area (Å²) in [5.74, 6) is 1.74. The second kappa shape index (κ2) is 12.6. The molecule has 25 heavy (non-hydrogen) atoms. The van der Waals surface area contributed by atoms with Crippen molar-refractivity contribution >= 4 is 41.7 Å². The predicted octanol–water partition coefficient (Wildman–Crippen LogP) is 3.28. The number of hydrogen-bond donors (Lipinski definition) is 2. The van der Waals surface area contributed by atoms with E-state index in [9.17, 15) is 0 Å². The molecule has 2 unspecified atom stereocenters. The van der Waals surface area contributed by atoms with Crippen molar-refractivity contribution in [2.75, 3.05) is 33.6 Å². The summed E-state index contributed by atoms with van der Waals surface area (Å²) in [6, 6.07) is 8.65. The smallest absolute Gasteiger partial charge is 0.191 e. The van der Waals surface area contributed by atoms with E-state index in [-0.39, 0.29) is 24.0 Å². The molecule has 142 valence electrons. The van der Waals surface area contributed by atoms with Crippen LogP contribution in [0, 0.1) is 0 Å². The summed E-state index contributed by atoms with van der Waals surface area (Å²) in [5.41, 5.74) is 1.20. The fourth-order valence-electron chi connectivity index (χ4n) is 2.81. The van der Waals surface area contributed by atoms with Crippen molar-refractivity contribution < 1.29 is 9.47 Å².